The first-order chi connectivity index (χ1) is 10.2. The fourth-order valence-electron chi connectivity index (χ4n) is 2.69. The van der Waals surface area contributed by atoms with E-state index in [0.29, 0.717) is 26.2 Å². The first kappa shape index (κ1) is 15.9. The van der Waals surface area contributed by atoms with Gasteiger partial charge in [0.2, 0.25) is 5.91 Å². The molecule has 1 aromatic carbocycles. The summed E-state index contributed by atoms with van der Waals surface area (Å²) in [5, 5.41) is 0. The molecule has 2 N–H and O–H groups in total. The summed E-state index contributed by atoms with van der Waals surface area (Å²) in [6.07, 6.45) is 0.0417. The van der Waals surface area contributed by atoms with Gasteiger partial charge in [-0.25, -0.2) is 0 Å². The third-order valence-electron chi connectivity index (χ3n) is 3.87. The van der Waals surface area contributed by atoms with Crippen molar-refractivity contribution < 1.29 is 9.53 Å². The highest BCUT2D eigenvalue weighted by molar-refractivity contribution is 5.95. The lowest BCUT2D eigenvalue weighted by Crippen LogP contribution is -2.49. The predicted molar refractivity (Wildman–Crippen MR) is 84.4 cm³/mol. The Morgan fingerprint density at radius 3 is 2.90 bits per heavy atom. The van der Waals surface area contributed by atoms with Gasteiger partial charge in [-0.3, -0.25) is 9.69 Å². The standard InChI is InChI=1S/C16H25N3O2/c1-3-19(15-7-5-4-6-13(15)2)16(20)12-18-8-9-21-14(10-17)11-18/h4-7,14H,3,8-12,17H2,1-2H3. The van der Waals surface area contributed by atoms with E-state index in [1.807, 2.05) is 43.0 Å². The fraction of sp³-hybridized carbons (Fsp3) is 0.562. The van der Waals surface area contributed by atoms with Gasteiger partial charge in [-0.1, -0.05) is 18.2 Å². The first-order valence-electron chi connectivity index (χ1n) is 7.55. The lowest BCUT2D eigenvalue weighted by atomic mass is 10.1. The number of carbonyl (C=O) groups excluding carboxylic acids is 1. The minimum atomic E-state index is 0.0417. The quantitative estimate of drug-likeness (QED) is 0.879. The molecule has 2 rings (SSSR count). The van der Waals surface area contributed by atoms with Crippen molar-refractivity contribution in [2.24, 2.45) is 5.73 Å². The number of aryl methyl sites for hydroxylation is 1. The van der Waals surface area contributed by atoms with Crippen LogP contribution in [0.15, 0.2) is 24.3 Å². The van der Waals surface area contributed by atoms with Crippen molar-refractivity contribution >= 4 is 11.6 Å². The molecule has 1 aromatic rings. The highest BCUT2D eigenvalue weighted by Crippen LogP contribution is 2.19. The third-order valence-corrected chi connectivity index (χ3v) is 3.87. The number of morpholine rings is 1. The van der Waals surface area contributed by atoms with Crippen LogP contribution in [-0.4, -0.2) is 56.2 Å². The molecule has 1 heterocycles. The van der Waals surface area contributed by atoms with Crippen molar-refractivity contribution in [3.05, 3.63) is 29.8 Å². The predicted octanol–water partition coefficient (Wildman–Crippen LogP) is 1.01. The molecule has 5 heteroatoms. The normalized spacial score (nSPS) is 19.5. The van der Waals surface area contributed by atoms with Crippen LogP contribution in [0.2, 0.25) is 0 Å². The molecule has 1 aliphatic heterocycles. The van der Waals surface area contributed by atoms with Crippen LogP contribution in [0.3, 0.4) is 0 Å². The van der Waals surface area contributed by atoms with Crippen LogP contribution in [0.4, 0.5) is 5.69 Å². The lowest BCUT2D eigenvalue weighted by molar-refractivity contribution is -0.121. The summed E-state index contributed by atoms with van der Waals surface area (Å²) in [6, 6.07) is 7.99. The summed E-state index contributed by atoms with van der Waals surface area (Å²) in [6.45, 7) is 7.79. The van der Waals surface area contributed by atoms with E-state index in [9.17, 15) is 4.79 Å². The minimum Gasteiger partial charge on any atom is -0.374 e. The van der Waals surface area contributed by atoms with Crippen molar-refractivity contribution in [1.82, 2.24) is 4.90 Å². The van der Waals surface area contributed by atoms with E-state index in [1.54, 1.807) is 0 Å². The van der Waals surface area contributed by atoms with Crippen LogP contribution < -0.4 is 10.6 Å². The third kappa shape index (κ3) is 4.03. The molecule has 21 heavy (non-hydrogen) atoms. The zero-order valence-corrected chi connectivity index (χ0v) is 12.9. The van der Waals surface area contributed by atoms with Gasteiger partial charge in [0.15, 0.2) is 0 Å². The summed E-state index contributed by atoms with van der Waals surface area (Å²) >= 11 is 0. The van der Waals surface area contributed by atoms with Crippen molar-refractivity contribution in [2.45, 2.75) is 20.0 Å². The molecule has 0 spiro atoms. The molecule has 1 aliphatic rings. The molecule has 1 fully saturated rings. The molecule has 0 aromatic heterocycles. The molecule has 0 aliphatic carbocycles. The SMILES string of the molecule is CCN(C(=O)CN1CCOC(CN)C1)c1ccccc1C. The van der Waals surface area contributed by atoms with Gasteiger partial charge >= 0.3 is 0 Å². The molecule has 1 amide bonds. The van der Waals surface area contributed by atoms with Crippen LogP contribution in [0.5, 0.6) is 0 Å². The number of anilines is 1. The molecule has 116 valence electrons. The number of ether oxygens (including phenoxy) is 1. The smallest absolute Gasteiger partial charge is 0.241 e. The number of carbonyl (C=O) groups is 1. The number of nitrogens with zero attached hydrogens (tertiary/aromatic N) is 2. The Balaban J connectivity index is 2.02. The van der Waals surface area contributed by atoms with E-state index in [0.717, 1.165) is 24.3 Å². The molecule has 1 unspecified atom stereocenters. The Hall–Kier alpha value is -1.43. The van der Waals surface area contributed by atoms with Crippen molar-refractivity contribution in [3.63, 3.8) is 0 Å². The molecule has 5 nitrogen and oxygen atoms in total. The average molecular weight is 291 g/mol. The van der Waals surface area contributed by atoms with Crippen LogP contribution >= 0.6 is 0 Å². The Bertz CT molecular complexity index is 478. The first-order valence-corrected chi connectivity index (χ1v) is 7.55. The Kier molecular flexibility index (Phi) is 5.73. The highest BCUT2D eigenvalue weighted by Gasteiger charge is 2.23. The zero-order chi connectivity index (χ0) is 15.2. The van der Waals surface area contributed by atoms with Gasteiger partial charge in [-0.2, -0.15) is 0 Å². The van der Waals surface area contributed by atoms with Gasteiger partial charge in [0.05, 0.1) is 19.3 Å². The van der Waals surface area contributed by atoms with Gasteiger partial charge in [-0.15, -0.1) is 0 Å². The number of amides is 1. The van der Waals surface area contributed by atoms with E-state index >= 15 is 0 Å². The van der Waals surface area contributed by atoms with Crippen molar-refractivity contribution in [1.29, 1.82) is 0 Å². The topological polar surface area (TPSA) is 58.8 Å². The minimum absolute atomic E-state index is 0.0417. The van der Waals surface area contributed by atoms with Crippen LogP contribution in [0.1, 0.15) is 12.5 Å². The van der Waals surface area contributed by atoms with Crippen molar-refractivity contribution in [3.8, 4) is 0 Å². The van der Waals surface area contributed by atoms with E-state index in [1.165, 1.54) is 0 Å². The number of rotatable bonds is 5. The van der Waals surface area contributed by atoms with Gasteiger partial charge in [0.1, 0.15) is 0 Å². The maximum Gasteiger partial charge on any atom is 0.241 e. The maximum absolute atomic E-state index is 12.6. The van der Waals surface area contributed by atoms with Gasteiger partial charge in [0, 0.05) is 31.9 Å². The monoisotopic (exact) mass is 291 g/mol. The molecule has 1 atom stereocenters. The summed E-state index contributed by atoms with van der Waals surface area (Å²) in [5.41, 5.74) is 7.76. The maximum atomic E-state index is 12.6. The fourth-order valence-corrected chi connectivity index (χ4v) is 2.69. The zero-order valence-electron chi connectivity index (χ0n) is 12.9. The lowest BCUT2D eigenvalue weighted by Gasteiger charge is -2.33. The largest absolute Gasteiger partial charge is 0.374 e. The number of para-hydroxylation sites is 1. The van der Waals surface area contributed by atoms with Gasteiger partial charge < -0.3 is 15.4 Å². The number of hydrogen-bond acceptors (Lipinski definition) is 4. The summed E-state index contributed by atoms with van der Waals surface area (Å²) in [4.78, 5) is 16.6. The summed E-state index contributed by atoms with van der Waals surface area (Å²) in [5.74, 6) is 0.129. The Morgan fingerprint density at radius 2 is 2.24 bits per heavy atom. The van der Waals surface area contributed by atoms with Crippen LogP contribution in [-0.2, 0) is 9.53 Å². The van der Waals surface area contributed by atoms with E-state index in [-0.39, 0.29) is 12.0 Å². The average Bonchev–Trinajstić information content (AvgIpc) is 2.50. The molecule has 0 radical (unpaired) electrons. The van der Waals surface area contributed by atoms with E-state index in [4.69, 9.17) is 10.5 Å². The number of hydrogen-bond donors (Lipinski definition) is 1. The van der Waals surface area contributed by atoms with E-state index < -0.39 is 0 Å². The number of benzene rings is 1. The number of nitrogens with two attached hydrogens (primary N) is 1. The van der Waals surface area contributed by atoms with Crippen LogP contribution in [0, 0.1) is 6.92 Å². The second-order valence-electron chi connectivity index (χ2n) is 5.39. The van der Waals surface area contributed by atoms with Crippen LogP contribution in [0.25, 0.3) is 0 Å². The second kappa shape index (κ2) is 7.54. The molecule has 0 saturated carbocycles. The molecular formula is C16H25N3O2. The highest BCUT2D eigenvalue weighted by atomic mass is 16.5. The Labute approximate surface area is 126 Å². The van der Waals surface area contributed by atoms with Crippen molar-refractivity contribution in [2.75, 3.05) is 44.2 Å². The van der Waals surface area contributed by atoms with Gasteiger partial charge in [-0.05, 0) is 25.5 Å². The molecule has 1 saturated heterocycles. The van der Waals surface area contributed by atoms with Gasteiger partial charge in [0.25, 0.3) is 0 Å². The summed E-state index contributed by atoms with van der Waals surface area (Å²) < 4.78 is 5.54. The number of likely N-dealkylation sites (N-methyl/N-ethyl adjacent to an activating group) is 1. The Morgan fingerprint density at radius 1 is 1.48 bits per heavy atom. The summed E-state index contributed by atoms with van der Waals surface area (Å²) in [7, 11) is 0. The molecule has 0 bridgehead atoms. The molecular weight excluding hydrogens is 266 g/mol. The second-order valence-corrected chi connectivity index (χ2v) is 5.39. The van der Waals surface area contributed by atoms with E-state index in [2.05, 4.69) is 4.90 Å².